The van der Waals surface area contributed by atoms with Gasteiger partial charge in [-0.3, -0.25) is 4.79 Å². The van der Waals surface area contributed by atoms with Crippen molar-refractivity contribution in [1.82, 2.24) is 9.71 Å². The summed E-state index contributed by atoms with van der Waals surface area (Å²) in [5, 5.41) is 0. The number of esters is 1. The average Bonchev–Trinajstić information content (AvgIpc) is 2.60. The quantitative estimate of drug-likeness (QED) is 0.801. The van der Waals surface area contributed by atoms with E-state index in [1.165, 1.54) is 50.6 Å². The fraction of sp³-hybridized carbons (Fsp3) is 0.133. The zero-order chi connectivity index (χ0) is 17.7. The Morgan fingerprint density at radius 3 is 2.21 bits per heavy atom. The van der Waals surface area contributed by atoms with E-state index < -0.39 is 21.9 Å². The first kappa shape index (κ1) is 17.4. The number of methoxy groups -OCH3 is 2. The number of hydrogen-bond acceptors (Lipinski definition) is 7. The third kappa shape index (κ3) is 3.87. The van der Waals surface area contributed by atoms with Crippen LogP contribution in [0, 0.1) is 0 Å². The molecule has 0 saturated carbocycles. The van der Waals surface area contributed by atoms with E-state index in [2.05, 4.69) is 9.72 Å². The monoisotopic (exact) mass is 350 g/mol. The van der Waals surface area contributed by atoms with Crippen LogP contribution in [0.4, 0.5) is 0 Å². The van der Waals surface area contributed by atoms with Gasteiger partial charge >= 0.3 is 5.97 Å². The van der Waals surface area contributed by atoms with E-state index in [1.54, 1.807) is 0 Å². The van der Waals surface area contributed by atoms with Gasteiger partial charge in [0.05, 0.1) is 24.7 Å². The number of pyridine rings is 1. The Balaban J connectivity index is 2.16. The number of carbonyl (C=O) groups is 2. The van der Waals surface area contributed by atoms with Gasteiger partial charge in [0.15, 0.2) is 0 Å². The van der Waals surface area contributed by atoms with Crippen LogP contribution < -0.4 is 9.46 Å². The van der Waals surface area contributed by atoms with Gasteiger partial charge in [0.25, 0.3) is 15.9 Å². The highest BCUT2D eigenvalue weighted by atomic mass is 32.2. The lowest BCUT2D eigenvalue weighted by atomic mass is 10.2. The SMILES string of the molecule is COC(=O)c1ccc(C(=O)NS(=O)(=O)c2ccc(OC)cc2)cn1. The molecule has 0 fully saturated rings. The number of nitrogens with zero attached hydrogens (tertiary/aromatic N) is 1. The molecule has 0 bridgehead atoms. The summed E-state index contributed by atoms with van der Waals surface area (Å²) in [5.41, 5.74) is -0.00759. The van der Waals surface area contributed by atoms with Gasteiger partial charge in [0.1, 0.15) is 11.4 Å². The van der Waals surface area contributed by atoms with Crippen LogP contribution in [0.15, 0.2) is 47.5 Å². The Morgan fingerprint density at radius 1 is 1.04 bits per heavy atom. The number of amides is 1. The number of rotatable bonds is 5. The van der Waals surface area contributed by atoms with Gasteiger partial charge in [-0.15, -0.1) is 0 Å². The lowest BCUT2D eigenvalue weighted by molar-refractivity contribution is 0.0593. The molecule has 126 valence electrons. The normalized spacial score (nSPS) is 10.8. The minimum atomic E-state index is -4.04. The van der Waals surface area contributed by atoms with Crippen LogP contribution in [-0.4, -0.2) is 39.5 Å². The van der Waals surface area contributed by atoms with Crippen molar-refractivity contribution in [2.45, 2.75) is 4.90 Å². The standard InChI is InChI=1S/C15H14N2O6S/c1-22-11-4-6-12(7-5-11)24(20,21)17-14(18)10-3-8-13(16-9-10)15(19)23-2/h3-9H,1-2H3,(H,17,18). The molecule has 1 amide bonds. The van der Waals surface area contributed by atoms with E-state index in [-0.39, 0.29) is 16.2 Å². The molecule has 1 heterocycles. The van der Waals surface area contributed by atoms with Crippen LogP contribution in [0.2, 0.25) is 0 Å². The fourth-order valence-corrected chi connectivity index (χ4v) is 2.72. The molecule has 0 radical (unpaired) electrons. The molecule has 0 spiro atoms. The number of aromatic nitrogens is 1. The van der Waals surface area contributed by atoms with Crippen molar-refractivity contribution < 1.29 is 27.5 Å². The summed E-state index contributed by atoms with van der Waals surface area (Å²) in [7, 11) is -1.38. The lowest BCUT2D eigenvalue weighted by Crippen LogP contribution is -2.30. The maximum absolute atomic E-state index is 12.2. The van der Waals surface area contributed by atoms with Gasteiger partial charge in [0, 0.05) is 6.20 Å². The Kier molecular flexibility index (Phi) is 5.14. The van der Waals surface area contributed by atoms with Gasteiger partial charge in [-0.2, -0.15) is 0 Å². The second-order valence-corrected chi connectivity index (χ2v) is 6.22. The molecule has 0 aliphatic carbocycles. The highest BCUT2D eigenvalue weighted by Gasteiger charge is 2.19. The van der Waals surface area contributed by atoms with E-state index in [1.807, 2.05) is 4.72 Å². The predicted octanol–water partition coefficient (Wildman–Crippen LogP) is 0.996. The van der Waals surface area contributed by atoms with Crippen molar-refractivity contribution in [3.05, 3.63) is 53.9 Å². The summed E-state index contributed by atoms with van der Waals surface area (Å²) >= 11 is 0. The van der Waals surface area contributed by atoms with Crippen LogP contribution in [0.25, 0.3) is 0 Å². The molecular weight excluding hydrogens is 336 g/mol. The van der Waals surface area contributed by atoms with E-state index in [0.29, 0.717) is 5.75 Å². The first-order valence-electron chi connectivity index (χ1n) is 6.63. The summed E-state index contributed by atoms with van der Waals surface area (Å²) in [5.74, 6) is -1.04. The Hall–Kier alpha value is -2.94. The molecule has 2 rings (SSSR count). The van der Waals surface area contributed by atoms with Crippen LogP contribution in [0.3, 0.4) is 0 Å². The summed E-state index contributed by atoms with van der Waals surface area (Å²) in [6.45, 7) is 0. The molecule has 8 nitrogen and oxygen atoms in total. The van der Waals surface area contributed by atoms with E-state index in [4.69, 9.17) is 4.74 Å². The summed E-state index contributed by atoms with van der Waals surface area (Å²) in [4.78, 5) is 27.0. The van der Waals surface area contributed by atoms with E-state index in [0.717, 1.165) is 6.20 Å². The van der Waals surface area contributed by atoms with Crippen molar-refractivity contribution >= 4 is 21.9 Å². The Bertz CT molecular complexity index is 845. The first-order chi connectivity index (χ1) is 11.4. The van der Waals surface area contributed by atoms with Gasteiger partial charge in [-0.05, 0) is 36.4 Å². The largest absolute Gasteiger partial charge is 0.497 e. The highest BCUT2D eigenvalue weighted by Crippen LogP contribution is 2.15. The molecule has 1 N–H and O–H groups in total. The minimum Gasteiger partial charge on any atom is -0.497 e. The second-order valence-electron chi connectivity index (χ2n) is 4.53. The van der Waals surface area contributed by atoms with Gasteiger partial charge in [0.2, 0.25) is 0 Å². The molecule has 0 saturated heterocycles. The van der Waals surface area contributed by atoms with Gasteiger partial charge in [-0.25, -0.2) is 22.9 Å². The number of carbonyl (C=O) groups excluding carboxylic acids is 2. The number of hydrogen-bond donors (Lipinski definition) is 1. The summed E-state index contributed by atoms with van der Waals surface area (Å²) in [6.07, 6.45) is 1.09. The van der Waals surface area contributed by atoms with Crippen molar-refractivity contribution in [3.63, 3.8) is 0 Å². The lowest BCUT2D eigenvalue weighted by Gasteiger charge is -2.08. The third-order valence-electron chi connectivity index (χ3n) is 3.02. The van der Waals surface area contributed by atoms with Gasteiger partial charge < -0.3 is 9.47 Å². The highest BCUT2D eigenvalue weighted by molar-refractivity contribution is 7.90. The average molecular weight is 350 g/mol. The second kappa shape index (κ2) is 7.09. The van der Waals surface area contributed by atoms with Crippen molar-refractivity contribution in [1.29, 1.82) is 0 Å². The van der Waals surface area contributed by atoms with Crippen molar-refractivity contribution in [2.75, 3.05) is 14.2 Å². The fourth-order valence-electron chi connectivity index (χ4n) is 1.75. The molecule has 1 aromatic heterocycles. The van der Waals surface area contributed by atoms with Crippen molar-refractivity contribution in [3.8, 4) is 5.75 Å². The van der Waals surface area contributed by atoms with Crippen LogP contribution in [0.1, 0.15) is 20.8 Å². The van der Waals surface area contributed by atoms with Gasteiger partial charge in [-0.1, -0.05) is 0 Å². The van der Waals surface area contributed by atoms with Crippen LogP contribution in [-0.2, 0) is 14.8 Å². The molecule has 0 aliphatic rings. The molecule has 9 heteroatoms. The zero-order valence-corrected chi connectivity index (χ0v) is 13.7. The molecule has 1 aromatic carbocycles. The van der Waals surface area contributed by atoms with E-state index in [9.17, 15) is 18.0 Å². The maximum Gasteiger partial charge on any atom is 0.356 e. The first-order valence-corrected chi connectivity index (χ1v) is 8.11. The molecule has 24 heavy (non-hydrogen) atoms. The Labute approximate surface area is 138 Å². The smallest absolute Gasteiger partial charge is 0.356 e. The minimum absolute atomic E-state index is 0.00654. The van der Waals surface area contributed by atoms with Crippen LogP contribution in [0.5, 0.6) is 5.75 Å². The predicted molar refractivity (Wildman–Crippen MR) is 83.2 cm³/mol. The molecule has 0 atom stereocenters. The number of benzene rings is 1. The molecule has 0 aliphatic heterocycles. The maximum atomic E-state index is 12.2. The summed E-state index contributed by atoms with van der Waals surface area (Å²) < 4.78 is 35.7. The van der Waals surface area contributed by atoms with E-state index >= 15 is 0 Å². The Morgan fingerprint density at radius 2 is 1.71 bits per heavy atom. The molecular formula is C15H14N2O6S. The number of ether oxygens (including phenoxy) is 2. The summed E-state index contributed by atoms with van der Waals surface area (Å²) in [6, 6.07) is 8.09. The zero-order valence-electron chi connectivity index (χ0n) is 12.8. The topological polar surface area (TPSA) is 112 Å². The third-order valence-corrected chi connectivity index (χ3v) is 4.36. The van der Waals surface area contributed by atoms with Crippen molar-refractivity contribution in [2.24, 2.45) is 0 Å². The molecule has 0 unspecified atom stereocenters. The number of nitrogens with one attached hydrogen (secondary N) is 1. The molecule has 2 aromatic rings. The van der Waals surface area contributed by atoms with Crippen LogP contribution >= 0.6 is 0 Å². The number of sulfonamides is 1.